The standard InChI is InChI=1S/C25H25N3O3/c1-16-4-12-21-22(14-16)28-24(27-21)13-7-17-5-8-18(9-6-17)26-25(29)20-11-10-19(30-2)15-23(20)31-3/h4-6,8-12,14-15H,7,13H2,1-3H3,(H,26,29)(H,27,28). The third kappa shape index (κ3) is 4.69. The van der Waals surface area contributed by atoms with Gasteiger partial charge in [0.2, 0.25) is 0 Å². The number of aromatic nitrogens is 2. The maximum atomic E-state index is 12.7. The Labute approximate surface area is 181 Å². The van der Waals surface area contributed by atoms with Gasteiger partial charge in [-0.2, -0.15) is 0 Å². The van der Waals surface area contributed by atoms with Crippen LogP contribution in [-0.2, 0) is 12.8 Å². The van der Waals surface area contributed by atoms with Gasteiger partial charge in [-0.05, 0) is 60.9 Å². The van der Waals surface area contributed by atoms with E-state index in [1.54, 1.807) is 25.3 Å². The van der Waals surface area contributed by atoms with Crippen LogP contribution in [0.15, 0.2) is 60.7 Å². The van der Waals surface area contributed by atoms with Crippen molar-refractivity contribution in [2.75, 3.05) is 19.5 Å². The lowest BCUT2D eigenvalue weighted by molar-refractivity contribution is 0.102. The summed E-state index contributed by atoms with van der Waals surface area (Å²) in [5.41, 5.74) is 5.64. The number of nitrogens with one attached hydrogen (secondary N) is 2. The van der Waals surface area contributed by atoms with Crippen LogP contribution in [0.4, 0.5) is 5.69 Å². The molecule has 1 aromatic heterocycles. The van der Waals surface area contributed by atoms with Crippen molar-refractivity contribution >= 4 is 22.6 Å². The number of aromatic amines is 1. The van der Waals surface area contributed by atoms with Gasteiger partial charge >= 0.3 is 0 Å². The number of fused-ring (bicyclic) bond motifs is 1. The Hall–Kier alpha value is -3.80. The van der Waals surface area contributed by atoms with E-state index in [-0.39, 0.29) is 5.91 Å². The molecule has 0 saturated carbocycles. The predicted molar refractivity (Wildman–Crippen MR) is 122 cm³/mol. The summed E-state index contributed by atoms with van der Waals surface area (Å²) >= 11 is 0. The molecule has 6 nitrogen and oxygen atoms in total. The Morgan fingerprint density at radius 1 is 0.968 bits per heavy atom. The third-order valence-electron chi connectivity index (χ3n) is 5.20. The zero-order valence-corrected chi connectivity index (χ0v) is 17.9. The number of ether oxygens (including phenoxy) is 2. The van der Waals surface area contributed by atoms with Crippen LogP contribution in [0.25, 0.3) is 11.0 Å². The molecule has 0 aliphatic heterocycles. The van der Waals surface area contributed by atoms with Gasteiger partial charge in [0, 0.05) is 18.2 Å². The number of imidazole rings is 1. The zero-order chi connectivity index (χ0) is 21.8. The minimum atomic E-state index is -0.232. The van der Waals surface area contributed by atoms with Crippen molar-refractivity contribution in [3.05, 3.63) is 83.2 Å². The molecule has 158 valence electrons. The lowest BCUT2D eigenvalue weighted by Crippen LogP contribution is -2.13. The number of H-pyrrole nitrogens is 1. The summed E-state index contributed by atoms with van der Waals surface area (Å²) in [6, 6.07) is 19.2. The summed E-state index contributed by atoms with van der Waals surface area (Å²) in [5, 5.41) is 2.92. The Morgan fingerprint density at radius 3 is 2.52 bits per heavy atom. The second-order valence-corrected chi connectivity index (χ2v) is 7.42. The van der Waals surface area contributed by atoms with Crippen molar-refractivity contribution in [2.45, 2.75) is 19.8 Å². The van der Waals surface area contributed by atoms with E-state index in [0.717, 1.165) is 35.4 Å². The predicted octanol–water partition coefficient (Wildman–Crippen LogP) is 4.93. The summed E-state index contributed by atoms with van der Waals surface area (Å²) in [7, 11) is 3.11. The lowest BCUT2D eigenvalue weighted by Gasteiger charge is -2.11. The normalized spacial score (nSPS) is 10.8. The van der Waals surface area contributed by atoms with Gasteiger partial charge in [-0.25, -0.2) is 4.98 Å². The van der Waals surface area contributed by atoms with E-state index in [1.807, 2.05) is 30.3 Å². The molecule has 0 radical (unpaired) electrons. The largest absolute Gasteiger partial charge is 0.497 e. The third-order valence-corrected chi connectivity index (χ3v) is 5.20. The van der Waals surface area contributed by atoms with Crippen LogP contribution in [0.2, 0.25) is 0 Å². The average Bonchev–Trinajstić information content (AvgIpc) is 3.20. The van der Waals surface area contributed by atoms with Gasteiger partial charge in [0.25, 0.3) is 5.91 Å². The van der Waals surface area contributed by atoms with E-state index in [1.165, 1.54) is 18.2 Å². The monoisotopic (exact) mass is 415 g/mol. The molecule has 0 aliphatic rings. The van der Waals surface area contributed by atoms with E-state index >= 15 is 0 Å². The lowest BCUT2D eigenvalue weighted by atomic mass is 10.1. The van der Waals surface area contributed by atoms with E-state index in [9.17, 15) is 4.79 Å². The second kappa shape index (κ2) is 8.92. The molecule has 4 aromatic rings. The minimum absolute atomic E-state index is 0.232. The van der Waals surface area contributed by atoms with Crippen LogP contribution in [0.5, 0.6) is 11.5 Å². The van der Waals surface area contributed by atoms with Crippen molar-refractivity contribution < 1.29 is 14.3 Å². The van der Waals surface area contributed by atoms with Gasteiger partial charge in [-0.1, -0.05) is 18.2 Å². The van der Waals surface area contributed by atoms with Crippen molar-refractivity contribution in [1.29, 1.82) is 0 Å². The minimum Gasteiger partial charge on any atom is -0.497 e. The number of rotatable bonds is 7. The highest BCUT2D eigenvalue weighted by atomic mass is 16.5. The van der Waals surface area contributed by atoms with Gasteiger partial charge in [0.05, 0.1) is 30.8 Å². The molecule has 3 aromatic carbocycles. The first-order valence-corrected chi connectivity index (χ1v) is 10.1. The van der Waals surface area contributed by atoms with Crippen LogP contribution in [0.3, 0.4) is 0 Å². The topological polar surface area (TPSA) is 76.2 Å². The van der Waals surface area contributed by atoms with Crippen LogP contribution < -0.4 is 14.8 Å². The molecule has 0 saturated heterocycles. The second-order valence-electron chi connectivity index (χ2n) is 7.42. The molecule has 0 spiro atoms. The number of hydrogen-bond donors (Lipinski definition) is 2. The van der Waals surface area contributed by atoms with Crippen LogP contribution in [-0.4, -0.2) is 30.1 Å². The molecule has 0 atom stereocenters. The molecule has 4 rings (SSSR count). The van der Waals surface area contributed by atoms with Gasteiger partial charge in [0.15, 0.2) is 0 Å². The Kier molecular flexibility index (Phi) is 5.89. The number of methoxy groups -OCH3 is 2. The molecule has 1 amide bonds. The summed E-state index contributed by atoms with van der Waals surface area (Å²) in [6.07, 6.45) is 1.68. The fourth-order valence-electron chi connectivity index (χ4n) is 3.50. The van der Waals surface area contributed by atoms with Crippen LogP contribution in [0, 0.1) is 6.92 Å². The Morgan fingerprint density at radius 2 is 1.77 bits per heavy atom. The molecular weight excluding hydrogens is 390 g/mol. The number of anilines is 1. The molecule has 1 heterocycles. The van der Waals surface area contributed by atoms with Crippen LogP contribution >= 0.6 is 0 Å². The van der Waals surface area contributed by atoms with Gasteiger partial charge in [0.1, 0.15) is 17.3 Å². The van der Waals surface area contributed by atoms with Crippen molar-refractivity contribution in [3.63, 3.8) is 0 Å². The van der Waals surface area contributed by atoms with E-state index in [2.05, 4.69) is 34.3 Å². The fourth-order valence-corrected chi connectivity index (χ4v) is 3.50. The number of amides is 1. The Balaban J connectivity index is 1.39. The molecule has 31 heavy (non-hydrogen) atoms. The van der Waals surface area contributed by atoms with Gasteiger partial charge in [-0.3, -0.25) is 4.79 Å². The first kappa shape index (κ1) is 20.5. The molecular formula is C25H25N3O3. The van der Waals surface area contributed by atoms with Gasteiger partial charge < -0.3 is 19.8 Å². The van der Waals surface area contributed by atoms with Crippen molar-refractivity contribution in [2.24, 2.45) is 0 Å². The van der Waals surface area contributed by atoms with Gasteiger partial charge in [-0.15, -0.1) is 0 Å². The van der Waals surface area contributed by atoms with Crippen molar-refractivity contribution in [3.8, 4) is 11.5 Å². The SMILES string of the molecule is COc1ccc(C(=O)Nc2ccc(CCc3nc4ccc(C)cc4[nH]3)cc2)c(OC)c1. The maximum absolute atomic E-state index is 12.7. The number of carbonyl (C=O) groups excluding carboxylic acids is 1. The molecule has 2 N–H and O–H groups in total. The number of carbonyl (C=O) groups is 1. The molecule has 0 aliphatic carbocycles. The molecule has 6 heteroatoms. The van der Waals surface area contributed by atoms with Crippen LogP contribution in [0.1, 0.15) is 27.3 Å². The number of benzene rings is 3. The first-order chi connectivity index (χ1) is 15.1. The zero-order valence-electron chi connectivity index (χ0n) is 17.9. The van der Waals surface area contributed by atoms with E-state index in [0.29, 0.717) is 17.1 Å². The smallest absolute Gasteiger partial charge is 0.259 e. The highest BCUT2D eigenvalue weighted by Crippen LogP contribution is 2.25. The Bertz CT molecular complexity index is 1210. The highest BCUT2D eigenvalue weighted by molar-refractivity contribution is 6.06. The summed E-state index contributed by atoms with van der Waals surface area (Å²) in [5.74, 6) is 1.85. The fraction of sp³-hybridized carbons (Fsp3) is 0.200. The maximum Gasteiger partial charge on any atom is 0.259 e. The quantitative estimate of drug-likeness (QED) is 0.449. The van der Waals surface area contributed by atoms with E-state index < -0.39 is 0 Å². The summed E-state index contributed by atoms with van der Waals surface area (Å²) in [4.78, 5) is 20.7. The number of hydrogen-bond acceptors (Lipinski definition) is 4. The summed E-state index contributed by atoms with van der Waals surface area (Å²) < 4.78 is 10.5. The van der Waals surface area contributed by atoms with E-state index in [4.69, 9.17) is 9.47 Å². The summed E-state index contributed by atoms with van der Waals surface area (Å²) in [6.45, 7) is 2.07. The highest BCUT2D eigenvalue weighted by Gasteiger charge is 2.13. The molecule has 0 fully saturated rings. The first-order valence-electron chi connectivity index (χ1n) is 10.1. The number of nitrogens with zero attached hydrogens (tertiary/aromatic N) is 1. The van der Waals surface area contributed by atoms with Crippen molar-refractivity contribution in [1.82, 2.24) is 9.97 Å². The molecule has 0 bridgehead atoms. The molecule has 0 unspecified atom stereocenters. The number of aryl methyl sites for hydroxylation is 3. The average molecular weight is 415 g/mol.